The SMILES string of the molecule is CN1CCN(c2ncc3c(n2)Oc2ccccc2N3C)CC1. The summed E-state index contributed by atoms with van der Waals surface area (Å²) < 4.78 is 5.97. The molecule has 0 amide bonds. The van der Waals surface area contributed by atoms with E-state index in [0.29, 0.717) is 5.88 Å². The smallest absolute Gasteiger partial charge is 0.248 e. The Kier molecular flexibility index (Phi) is 3.11. The number of anilines is 3. The minimum absolute atomic E-state index is 0.630. The maximum atomic E-state index is 5.97. The molecule has 1 aromatic carbocycles. The summed E-state index contributed by atoms with van der Waals surface area (Å²) in [5, 5.41) is 0. The van der Waals surface area contributed by atoms with Crippen LogP contribution in [-0.4, -0.2) is 55.1 Å². The van der Waals surface area contributed by atoms with Crippen molar-refractivity contribution in [2.24, 2.45) is 0 Å². The van der Waals surface area contributed by atoms with Gasteiger partial charge in [0.05, 0.1) is 11.9 Å². The number of aromatic nitrogens is 2. The second-order valence-electron chi connectivity index (χ2n) is 5.78. The van der Waals surface area contributed by atoms with Gasteiger partial charge in [-0.2, -0.15) is 4.98 Å². The zero-order chi connectivity index (χ0) is 15.1. The van der Waals surface area contributed by atoms with E-state index in [0.717, 1.165) is 49.3 Å². The lowest BCUT2D eigenvalue weighted by atomic mass is 10.2. The highest BCUT2D eigenvalue weighted by atomic mass is 16.5. The molecule has 1 saturated heterocycles. The highest BCUT2D eigenvalue weighted by Gasteiger charge is 2.25. The van der Waals surface area contributed by atoms with Crippen LogP contribution in [0.2, 0.25) is 0 Å². The van der Waals surface area contributed by atoms with Crippen LogP contribution in [0.15, 0.2) is 30.5 Å². The molecule has 2 aliphatic rings. The Labute approximate surface area is 129 Å². The van der Waals surface area contributed by atoms with E-state index in [2.05, 4.69) is 31.7 Å². The highest BCUT2D eigenvalue weighted by molar-refractivity contribution is 5.75. The second-order valence-corrected chi connectivity index (χ2v) is 5.78. The fourth-order valence-corrected chi connectivity index (χ4v) is 2.87. The van der Waals surface area contributed by atoms with E-state index in [1.54, 1.807) is 0 Å². The molecule has 3 heterocycles. The Bertz CT molecular complexity index is 697. The lowest BCUT2D eigenvalue weighted by Gasteiger charge is -2.33. The summed E-state index contributed by atoms with van der Waals surface area (Å²) in [6, 6.07) is 7.97. The van der Waals surface area contributed by atoms with Gasteiger partial charge in [0, 0.05) is 33.2 Å². The largest absolute Gasteiger partial charge is 0.435 e. The van der Waals surface area contributed by atoms with E-state index >= 15 is 0 Å². The first-order valence-corrected chi connectivity index (χ1v) is 7.53. The minimum Gasteiger partial charge on any atom is -0.435 e. The molecule has 0 aliphatic carbocycles. The number of rotatable bonds is 1. The monoisotopic (exact) mass is 297 g/mol. The Morgan fingerprint density at radius 3 is 2.59 bits per heavy atom. The normalized spacial score (nSPS) is 17.7. The van der Waals surface area contributed by atoms with Crippen LogP contribution in [0.3, 0.4) is 0 Å². The van der Waals surface area contributed by atoms with Gasteiger partial charge in [-0.1, -0.05) is 12.1 Å². The summed E-state index contributed by atoms with van der Waals surface area (Å²) in [5.74, 6) is 2.21. The summed E-state index contributed by atoms with van der Waals surface area (Å²) in [6.45, 7) is 3.96. The van der Waals surface area contributed by atoms with E-state index in [1.165, 1.54) is 0 Å². The molecule has 1 aromatic heterocycles. The Balaban J connectivity index is 1.66. The molecule has 22 heavy (non-hydrogen) atoms. The van der Waals surface area contributed by atoms with Gasteiger partial charge in [0.2, 0.25) is 11.8 Å². The number of likely N-dealkylation sites (N-methyl/N-ethyl adjacent to an activating group) is 1. The van der Waals surface area contributed by atoms with E-state index in [9.17, 15) is 0 Å². The lowest BCUT2D eigenvalue weighted by Crippen LogP contribution is -2.45. The van der Waals surface area contributed by atoms with E-state index in [4.69, 9.17) is 4.74 Å². The molecule has 0 saturated carbocycles. The van der Waals surface area contributed by atoms with Crippen LogP contribution in [-0.2, 0) is 0 Å². The number of ether oxygens (including phenoxy) is 1. The number of para-hydroxylation sites is 2. The topological polar surface area (TPSA) is 44.7 Å². The van der Waals surface area contributed by atoms with E-state index in [-0.39, 0.29) is 0 Å². The van der Waals surface area contributed by atoms with Gasteiger partial charge >= 0.3 is 0 Å². The van der Waals surface area contributed by atoms with Crippen molar-refractivity contribution < 1.29 is 4.74 Å². The predicted molar refractivity (Wildman–Crippen MR) is 86.3 cm³/mol. The first-order valence-electron chi connectivity index (χ1n) is 7.53. The third kappa shape index (κ3) is 2.16. The van der Waals surface area contributed by atoms with Gasteiger partial charge in [-0.3, -0.25) is 0 Å². The summed E-state index contributed by atoms with van der Waals surface area (Å²) in [4.78, 5) is 15.8. The lowest BCUT2D eigenvalue weighted by molar-refractivity contribution is 0.310. The van der Waals surface area contributed by atoms with Crippen molar-refractivity contribution in [3.05, 3.63) is 30.5 Å². The minimum atomic E-state index is 0.630. The molecule has 6 nitrogen and oxygen atoms in total. The number of benzene rings is 1. The van der Waals surface area contributed by atoms with Gasteiger partial charge in [0.1, 0.15) is 5.69 Å². The van der Waals surface area contributed by atoms with Crippen LogP contribution >= 0.6 is 0 Å². The second kappa shape index (κ2) is 5.14. The molecular formula is C16H19N5O. The summed E-state index contributed by atoms with van der Waals surface area (Å²) in [5.41, 5.74) is 1.93. The number of hydrogen-bond acceptors (Lipinski definition) is 6. The highest BCUT2D eigenvalue weighted by Crippen LogP contribution is 2.44. The molecule has 0 N–H and O–H groups in total. The van der Waals surface area contributed by atoms with Gasteiger partial charge in [-0.05, 0) is 19.2 Å². The number of fused-ring (bicyclic) bond motifs is 2. The van der Waals surface area contributed by atoms with E-state index in [1.807, 2.05) is 37.5 Å². The van der Waals surface area contributed by atoms with Crippen molar-refractivity contribution in [1.29, 1.82) is 0 Å². The Morgan fingerprint density at radius 1 is 1.00 bits per heavy atom. The molecular weight excluding hydrogens is 278 g/mol. The Hall–Kier alpha value is -2.34. The molecule has 0 bridgehead atoms. The van der Waals surface area contributed by atoms with Gasteiger partial charge in [0.15, 0.2) is 5.75 Å². The molecule has 0 radical (unpaired) electrons. The average Bonchev–Trinajstić information content (AvgIpc) is 2.55. The summed E-state index contributed by atoms with van der Waals surface area (Å²) >= 11 is 0. The molecule has 1 fully saturated rings. The maximum absolute atomic E-state index is 5.97. The zero-order valence-corrected chi connectivity index (χ0v) is 12.9. The van der Waals surface area contributed by atoms with Crippen LogP contribution in [0.1, 0.15) is 0 Å². The van der Waals surface area contributed by atoms with Crippen molar-refractivity contribution in [2.75, 3.05) is 50.1 Å². The predicted octanol–water partition coefficient (Wildman–Crippen LogP) is 2.10. The van der Waals surface area contributed by atoms with Gasteiger partial charge < -0.3 is 19.4 Å². The first kappa shape index (κ1) is 13.3. The zero-order valence-electron chi connectivity index (χ0n) is 12.9. The molecule has 114 valence electrons. The number of hydrogen-bond donors (Lipinski definition) is 0. The average molecular weight is 297 g/mol. The molecule has 2 aromatic rings. The molecule has 0 spiro atoms. The molecule has 2 aliphatic heterocycles. The van der Waals surface area contributed by atoms with Crippen LogP contribution in [0.25, 0.3) is 0 Å². The van der Waals surface area contributed by atoms with E-state index < -0.39 is 0 Å². The molecule has 4 rings (SSSR count). The molecule has 0 atom stereocenters. The van der Waals surface area contributed by atoms with Crippen molar-refractivity contribution in [3.63, 3.8) is 0 Å². The summed E-state index contributed by atoms with van der Waals surface area (Å²) in [6.07, 6.45) is 1.85. The number of piperazine rings is 1. The van der Waals surface area contributed by atoms with Crippen LogP contribution in [0, 0.1) is 0 Å². The van der Waals surface area contributed by atoms with Crippen molar-refractivity contribution in [1.82, 2.24) is 14.9 Å². The standard InChI is InChI=1S/C16H19N5O/c1-19-7-9-21(10-8-19)16-17-11-13-15(18-16)22-14-6-4-3-5-12(14)20(13)2/h3-6,11H,7-10H2,1-2H3. The van der Waals surface area contributed by atoms with Crippen molar-refractivity contribution >= 4 is 17.3 Å². The molecule has 6 heteroatoms. The quantitative estimate of drug-likeness (QED) is 0.803. The fraction of sp³-hybridized carbons (Fsp3) is 0.375. The third-order valence-corrected chi connectivity index (χ3v) is 4.30. The van der Waals surface area contributed by atoms with Crippen LogP contribution < -0.4 is 14.5 Å². The first-order chi connectivity index (χ1) is 10.7. The third-order valence-electron chi connectivity index (χ3n) is 4.30. The molecule has 0 unspecified atom stereocenters. The van der Waals surface area contributed by atoms with Crippen molar-refractivity contribution in [2.45, 2.75) is 0 Å². The van der Waals surface area contributed by atoms with Crippen molar-refractivity contribution in [3.8, 4) is 11.6 Å². The van der Waals surface area contributed by atoms with Crippen LogP contribution in [0.4, 0.5) is 17.3 Å². The van der Waals surface area contributed by atoms with Crippen LogP contribution in [0.5, 0.6) is 11.6 Å². The number of nitrogens with zero attached hydrogens (tertiary/aromatic N) is 5. The summed E-state index contributed by atoms with van der Waals surface area (Å²) in [7, 11) is 4.15. The maximum Gasteiger partial charge on any atom is 0.248 e. The Morgan fingerprint density at radius 2 is 1.77 bits per heavy atom. The fourth-order valence-electron chi connectivity index (χ4n) is 2.87. The van der Waals surface area contributed by atoms with Gasteiger partial charge in [-0.25, -0.2) is 4.98 Å². The van der Waals surface area contributed by atoms with Gasteiger partial charge in [0.25, 0.3) is 0 Å². The van der Waals surface area contributed by atoms with Gasteiger partial charge in [-0.15, -0.1) is 0 Å².